The van der Waals surface area contributed by atoms with Crippen LogP contribution in [0.4, 0.5) is 11.5 Å². The number of fused-ring (bicyclic) bond motifs is 1. The molecule has 0 radical (unpaired) electrons. The third kappa shape index (κ3) is 3.19. The first-order chi connectivity index (χ1) is 10.6. The highest BCUT2D eigenvalue weighted by molar-refractivity contribution is 7.18. The van der Waals surface area contributed by atoms with Gasteiger partial charge in [0, 0.05) is 27.0 Å². The Hall–Kier alpha value is -1.36. The van der Waals surface area contributed by atoms with Gasteiger partial charge in [0.2, 0.25) is 0 Å². The zero-order valence-corrected chi connectivity index (χ0v) is 14.6. The fraction of sp³-hybridized carbons (Fsp3) is 0.250. The van der Waals surface area contributed by atoms with Gasteiger partial charge < -0.3 is 5.32 Å². The first-order valence-corrected chi connectivity index (χ1v) is 8.68. The molecule has 0 unspecified atom stereocenters. The number of halogens is 2. The summed E-state index contributed by atoms with van der Waals surface area (Å²) in [5.41, 5.74) is 0.823. The van der Waals surface area contributed by atoms with E-state index in [2.05, 4.69) is 35.2 Å². The van der Waals surface area contributed by atoms with Crippen molar-refractivity contribution < 1.29 is 0 Å². The van der Waals surface area contributed by atoms with E-state index < -0.39 is 0 Å². The Kier molecular flexibility index (Phi) is 4.52. The Morgan fingerprint density at radius 3 is 2.36 bits per heavy atom. The quantitative estimate of drug-likeness (QED) is 0.638. The average Bonchev–Trinajstić information content (AvgIpc) is 2.89. The molecule has 3 aromatic rings. The molecule has 1 aromatic carbocycles. The Morgan fingerprint density at radius 2 is 1.73 bits per heavy atom. The summed E-state index contributed by atoms with van der Waals surface area (Å²) in [6.45, 7) is 4.19. The lowest BCUT2D eigenvalue weighted by atomic mass is 10.2. The molecule has 0 aliphatic carbocycles. The van der Waals surface area contributed by atoms with Gasteiger partial charge in [0.1, 0.15) is 16.5 Å². The van der Waals surface area contributed by atoms with Gasteiger partial charge >= 0.3 is 0 Å². The summed E-state index contributed by atoms with van der Waals surface area (Å²) in [6, 6.07) is 7.52. The molecule has 0 aliphatic rings. The van der Waals surface area contributed by atoms with E-state index in [9.17, 15) is 0 Å². The molecule has 0 bridgehead atoms. The van der Waals surface area contributed by atoms with E-state index in [0.29, 0.717) is 10.0 Å². The van der Waals surface area contributed by atoms with Crippen LogP contribution in [0.3, 0.4) is 0 Å². The van der Waals surface area contributed by atoms with Gasteiger partial charge in [-0.25, -0.2) is 9.97 Å². The molecule has 0 fully saturated rings. The maximum absolute atomic E-state index is 6.06. The highest BCUT2D eigenvalue weighted by atomic mass is 35.5. The Bertz CT molecular complexity index is 809. The zero-order valence-electron chi connectivity index (χ0n) is 12.3. The number of benzene rings is 1. The van der Waals surface area contributed by atoms with Gasteiger partial charge in [0.15, 0.2) is 0 Å². The SMILES string of the molecule is CCc1nc(Nc2cc(Cl)cc(Cl)c2)c2cc(CC)sc2n1. The number of nitrogens with zero attached hydrogens (tertiary/aromatic N) is 2. The normalized spacial score (nSPS) is 11.1. The summed E-state index contributed by atoms with van der Waals surface area (Å²) in [7, 11) is 0. The van der Waals surface area contributed by atoms with Gasteiger partial charge in [-0.15, -0.1) is 11.3 Å². The van der Waals surface area contributed by atoms with E-state index in [1.54, 1.807) is 17.4 Å². The van der Waals surface area contributed by atoms with Crippen molar-refractivity contribution in [2.75, 3.05) is 5.32 Å². The highest BCUT2D eigenvalue weighted by Crippen LogP contribution is 2.32. The van der Waals surface area contributed by atoms with Crippen molar-refractivity contribution in [3.63, 3.8) is 0 Å². The van der Waals surface area contributed by atoms with Gasteiger partial charge in [0.05, 0.1) is 5.39 Å². The number of hydrogen-bond donors (Lipinski definition) is 1. The van der Waals surface area contributed by atoms with E-state index in [0.717, 1.165) is 40.4 Å². The summed E-state index contributed by atoms with van der Waals surface area (Å²) < 4.78 is 0. The molecule has 114 valence electrons. The first kappa shape index (κ1) is 15.5. The van der Waals surface area contributed by atoms with E-state index in [-0.39, 0.29) is 0 Å². The van der Waals surface area contributed by atoms with Crippen molar-refractivity contribution in [1.29, 1.82) is 0 Å². The van der Waals surface area contributed by atoms with Gasteiger partial charge in [0.25, 0.3) is 0 Å². The third-order valence-electron chi connectivity index (χ3n) is 3.28. The third-order valence-corrected chi connectivity index (χ3v) is 4.89. The number of rotatable bonds is 4. The first-order valence-electron chi connectivity index (χ1n) is 7.11. The molecular formula is C16H15Cl2N3S. The fourth-order valence-electron chi connectivity index (χ4n) is 2.21. The van der Waals surface area contributed by atoms with Crippen LogP contribution in [0.5, 0.6) is 0 Å². The minimum Gasteiger partial charge on any atom is -0.339 e. The summed E-state index contributed by atoms with van der Waals surface area (Å²) in [5, 5.41) is 5.55. The molecule has 0 atom stereocenters. The minimum absolute atomic E-state index is 0.593. The van der Waals surface area contributed by atoms with Crippen LogP contribution in [-0.2, 0) is 12.8 Å². The molecule has 0 spiro atoms. The van der Waals surface area contributed by atoms with Crippen molar-refractivity contribution in [3.05, 3.63) is 45.0 Å². The summed E-state index contributed by atoms with van der Waals surface area (Å²) in [4.78, 5) is 11.5. The van der Waals surface area contributed by atoms with Crippen molar-refractivity contribution in [2.24, 2.45) is 0 Å². The topological polar surface area (TPSA) is 37.8 Å². The second-order valence-corrected chi connectivity index (χ2v) is 6.90. The van der Waals surface area contributed by atoms with E-state index >= 15 is 0 Å². The Balaban J connectivity index is 2.09. The molecule has 0 saturated heterocycles. The molecule has 6 heteroatoms. The molecule has 22 heavy (non-hydrogen) atoms. The summed E-state index contributed by atoms with van der Waals surface area (Å²) in [5.74, 6) is 1.63. The van der Waals surface area contributed by atoms with Gasteiger partial charge in [-0.05, 0) is 30.7 Å². The molecule has 3 rings (SSSR count). The van der Waals surface area contributed by atoms with Gasteiger partial charge in [-0.3, -0.25) is 0 Å². The number of hydrogen-bond acceptors (Lipinski definition) is 4. The molecule has 0 aliphatic heterocycles. The zero-order chi connectivity index (χ0) is 15.7. The maximum atomic E-state index is 6.06. The largest absolute Gasteiger partial charge is 0.339 e. The summed E-state index contributed by atoms with van der Waals surface area (Å²) >= 11 is 13.8. The van der Waals surface area contributed by atoms with Gasteiger partial charge in [-0.2, -0.15) is 0 Å². The lowest BCUT2D eigenvalue weighted by molar-refractivity contribution is 0.967. The van der Waals surface area contributed by atoms with Crippen LogP contribution in [0.1, 0.15) is 24.5 Å². The second kappa shape index (κ2) is 6.41. The van der Waals surface area contributed by atoms with E-state index in [4.69, 9.17) is 23.2 Å². The predicted molar refractivity (Wildman–Crippen MR) is 95.9 cm³/mol. The average molecular weight is 352 g/mol. The number of nitrogens with one attached hydrogen (secondary N) is 1. The fourth-order valence-corrected chi connectivity index (χ4v) is 3.72. The molecule has 3 nitrogen and oxygen atoms in total. The monoisotopic (exact) mass is 351 g/mol. The van der Waals surface area contributed by atoms with Crippen LogP contribution in [0.2, 0.25) is 10.0 Å². The van der Waals surface area contributed by atoms with Crippen LogP contribution in [-0.4, -0.2) is 9.97 Å². The van der Waals surface area contributed by atoms with Gasteiger partial charge in [-0.1, -0.05) is 37.0 Å². The van der Waals surface area contributed by atoms with Crippen molar-refractivity contribution in [1.82, 2.24) is 9.97 Å². The summed E-state index contributed by atoms with van der Waals surface area (Å²) in [6.07, 6.45) is 1.78. The van der Waals surface area contributed by atoms with Crippen LogP contribution in [0, 0.1) is 0 Å². The van der Waals surface area contributed by atoms with Crippen LogP contribution < -0.4 is 5.32 Å². The molecule has 0 amide bonds. The number of aromatic nitrogens is 2. The second-order valence-electron chi connectivity index (χ2n) is 4.91. The molecule has 0 saturated carbocycles. The number of anilines is 2. The predicted octanol–water partition coefficient (Wildman–Crippen LogP) is 5.87. The Labute approximate surface area is 143 Å². The number of thiophene rings is 1. The highest BCUT2D eigenvalue weighted by Gasteiger charge is 2.11. The maximum Gasteiger partial charge on any atom is 0.142 e. The van der Waals surface area contributed by atoms with Crippen LogP contribution >= 0.6 is 34.5 Å². The van der Waals surface area contributed by atoms with E-state index in [1.165, 1.54) is 4.88 Å². The Morgan fingerprint density at radius 1 is 1.00 bits per heavy atom. The smallest absolute Gasteiger partial charge is 0.142 e. The van der Waals surface area contributed by atoms with Crippen molar-refractivity contribution >= 4 is 56.3 Å². The molecular weight excluding hydrogens is 337 g/mol. The lowest BCUT2D eigenvalue weighted by Gasteiger charge is -2.09. The lowest BCUT2D eigenvalue weighted by Crippen LogP contribution is -1.99. The molecule has 1 N–H and O–H groups in total. The van der Waals surface area contributed by atoms with E-state index in [1.807, 2.05) is 12.1 Å². The van der Waals surface area contributed by atoms with Crippen LogP contribution in [0.25, 0.3) is 10.2 Å². The molecule has 2 aromatic heterocycles. The standard InChI is InChI=1S/C16H15Cl2N3S/c1-3-12-8-13-15(20-14(4-2)21-16(13)22-12)19-11-6-9(17)5-10(18)7-11/h5-8H,3-4H2,1-2H3,(H,19,20,21). The molecule has 2 heterocycles. The minimum atomic E-state index is 0.593. The van der Waals surface area contributed by atoms with Crippen LogP contribution in [0.15, 0.2) is 24.3 Å². The number of aryl methyl sites for hydroxylation is 2. The van der Waals surface area contributed by atoms with Crippen molar-refractivity contribution in [3.8, 4) is 0 Å². The van der Waals surface area contributed by atoms with Crippen molar-refractivity contribution in [2.45, 2.75) is 26.7 Å².